The maximum Gasteiger partial charge on any atom is 0.224 e. The van der Waals surface area contributed by atoms with Crippen LogP contribution in [0.15, 0.2) is 18.2 Å². The fourth-order valence-electron chi connectivity index (χ4n) is 3.68. The number of rotatable bonds is 6. The van der Waals surface area contributed by atoms with Gasteiger partial charge in [-0.15, -0.1) is 0 Å². The summed E-state index contributed by atoms with van der Waals surface area (Å²) in [6.07, 6.45) is 7.77. The normalized spacial score (nSPS) is 22.8. The summed E-state index contributed by atoms with van der Waals surface area (Å²) < 4.78 is 11.1. The maximum atomic E-state index is 12.4. The number of benzene rings is 1. The van der Waals surface area contributed by atoms with E-state index in [1.165, 1.54) is 32.1 Å². The lowest BCUT2D eigenvalue weighted by molar-refractivity contribution is -0.121. The smallest absolute Gasteiger partial charge is 0.224 e. The van der Waals surface area contributed by atoms with Crippen LogP contribution < -0.4 is 14.8 Å². The first-order chi connectivity index (χ1) is 11.3. The lowest BCUT2D eigenvalue weighted by Crippen LogP contribution is -2.38. The van der Waals surface area contributed by atoms with Crippen LogP contribution in [0, 0.1) is 5.92 Å². The monoisotopic (exact) mass is 317 g/mol. The zero-order chi connectivity index (χ0) is 16.1. The highest BCUT2D eigenvalue weighted by atomic mass is 16.6. The SMILES string of the molecule is CCCCC1CCCC1NC(=O)Cc1ccc2c(c1)OCCO2. The molecule has 4 nitrogen and oxygen atoms in total. The van der Waals surface area contributed by atoms with E-state index < -0.39 is 0 Å². The first-order valence-corrected chi connectivity index (χ1v) is 8.94. The molecule has 2 atom stereocenters. The van der Waals surface area contributed by atoms with Crippen LogP contribution >= 0.6 is 0 Å². The second-order valence-electron chi connectivity index (χ2n) is 6.66. The molecule has 1 N–H and O–H groups in total. The van der Waals surface area contributed by atoms with Crippen molar-refractivity contribution in [2.45, 2.75) is 57.9 Å². The number of carbonyl (C=O) groups excluding carboxylic acids is 1. The Morgan fingerprint density at radius 3 is 2.87 bits per heavy atom. The molecule has 1 aliphatic carbocycles. The van der Waals surface area contributed by atoms with Gasteiger partial charge < -0.3 is 14.8 Å². The maximum absolute atomic E-state index is 12.4. The average Bonchev–Trinajstić information content (AvgIpc) is 2.99. The summed E-state index contributed by atoms with van der Waals surface area (Å²) in [6, 6.07) is 6.15. The second kappa shape index (κ2) is 7.71. The number of hydrogen-bond donors (Lipinski definition) is 1. The van der Waals surface area contributed by atoms with Crippen LogP contribution in [0.3, 0.4) is 0 Å². The summed E-state index contributed by atoms with van der Waals surface area (Å²) in [7, 11) is 0. The lowest BCUT2D eigenvalue weighted by atomic mass is 9.96. The molecule has 23 heavy (non-hydrogen) atoms. The van der Waals surface area contributed by atoms with Crippen molar-refractivity contribution >= 4 is 5.91 Å². The second-order valence-corrected chi connectivity index (χ2v) is 6.66. The van der Waals surface area contributed by atoms with Gasteiger partial charge >= 0.3 is 0 Å². The van der Waals surface area contributed by atoms with E-state index in [1.807, 2.05) is 18.2 Å². The number of amides is 1. The molecule has 1 saturated carbocycles. The molecule has 1 aliphatic heterocycles. The Morgan fingerprint density at radius 2 is 2.04 bits per heavy atom. The van der Waals surface area contributed by atoms with Gasteiger partial charge in [-0.2, -0.15) is 0 Å². The van der Waals surface area contributed by atoms with Crippen LogP contribution in [0.2, 0.25) is 0 Å². The first-order valence-electron chi connectivity index (χ1n) is 8.94. The number of nitrogens with one attached hydrogen (secondary N) is 1. The van der Waals surface area contributed by atoms with Gasteiger partial charge in [0, 0.05) is 6.04 Å². The van der Waals surface area contributed by atoms with Gasteiger partial charge in [0.15, 0.2) is 11.5 Å². The molecule has 0 spiro atoms. The predicted molar refractivity (Wildman–Crippen MR) is 89.9 cm³/mol. The molecular formula is C19H27NO3. The molecule has 0 aromatic heterocycles. The zero-order valence-corrected chi connectivity index (χ0v) is 14.0. The van der Waals surface area contributed by atoms with Crippen LogP contribution in [-0.2, 0) is 11.2 Å². The highest BCUT2D eigenvalue weighted by Crippen LogP contribution is 2.32. The van der Waals surface area contributed by atoms with Crippen molar-refractivity contribution < 1.29 is 14.3 Å². The number of unbranched alkanes of at least 4 members (excludes halogenated alkanes) is 1. The van der Waals surface area contributed by atoms with E-state index in [0.29, 0.717) is 31.6 Å². The molecule has 2 unspecified atom stereocenters. The van der Waals surface area contributed by atoms with E-state index in [2.05, 4.69) is 12.2 Å². The number of ether oxygens (including phenoxy) is 2. The number of hydrogen-bond acceptors (Lipinski definition) is 3. The highest BCUT2D eigenvalue weighted by Gasteiger charge is 2.27. The molecule has 0 saturated heterocycles. The van der Waals surface area contributed by atoms with Crippen LogP contribution in [0.4, 0.5) is 0 Å². The third kappa shape index (κ3) is 4.18. The van der Waals surface area contributed by atoms with E-state index in [-0.39, 0.29) is 5.91 Å². The molecule has 0 radical (unpaired) electrons. The summed E-state index contributed by atoms with van der Waals surface area (Å²) in [5, 5.41) is 3.26. The summed E-state index contributed by atoms with van der Waals surface area (Å²) in [6.45, 7) is 3.39. The van der Waals surface area contributed by atoms with Gasteiger partial charge in [-0.1, -0.05) is 32.3 Å². The van der Waals surface area contributed by atoms with Crippen LogP contribution in [-0.4, -0.2) is 25.2 Å². The van der Waals surface area contributed by atoms with Gasteiger partial charge in [-0.3, -0.25) is 4.79 Å². The largest absolute Gasteiger partial charge is 0.486 e. The Kier molecular flexibility index (Phi) is 5.42. The third-order valence-corrected chi connectivity index (χ3v) is 4.91. The summed E-state index contributed by atoms with van der Waals surface area (Å²) in [5.41, 5.74) is 0.981. The summed E-state index contributed by atoms with van der Waals surface area (Å²) in [4.78, 5) is 12.4. The quantitative estimate of drug-likeness (QED) is 0.874. The van der Waals surface area contributed by atoms with Crippen LogP contribution in [0.5, 0.6) is 11.5 Å². The Morgan fingerprint density at radius 1 is 1.22 bits per heavy atom. The summed E-state index contributed by atoms with van der Waals surface area (Å²) >= 11 is 0. The Balaban J connectivity index is 1.54. The van der Waals surface area contributed by atoms with Crippen molar-refractivity contribution in [2.75, 3.05) is 13.2 Å². The molecule has 1 amide bonds. The van der Waals surface area contributed by atoms with Crippen molar-refractivity contribution in [1.82, 2.24) is 5.32 Å². The molecule has 0 bridgehead atoms. The van der Waals surface area contributed by atoms with Gasteiger partial charge in [0.2, 0.25) is 5.91 Å². The molecule has 2 aliphatic rings. The fourth-order valence-corrected chi connectivity index (χ4v) is 3.68. The fraction of sp³-hybridized carbons (Fsp3) is 0.632. The molecule has 4 heteroatoms. The van der Waals surface area contributed by atoms with Crippen molar-refractivity contribution in [1.29, 1.82) is 0 Å². The van der Waals surface area contributed by atoms with Gasteiger partial charge in [0.1, 0.15) is 13.2 Å². The molecule has 1 aromatic rings. The molecule has 1 heterocycles. The van der Waals surface area contributed by atoms with Gasteiger partial charge in [0.25, 0.3) is 0 Å². The van der Waals surface area contributed by atoms with Crippen molar-refractivity contribution in [3.63, 3.8) is 0 Å². The third-order valence-electron chi connectivity index (χ3n) is 4.91. The van der Waals surface area contributed by atoms with Crippen molar-refractivity contribution in [3.05, 3.63) is 23.8 Å². The van der Waals surface area contributed by atoms with E-state index >= 15 is 0 Å². The average molecular weight is 317 g/mol. The Labute approximate surface area is 138 Å². The molecule has 1 aromatic carbocycles. The number of fused-ring (bicyclic) bond motifs is 1. The van der Waals surface area contributed by atoms with Crippen LogP contribution in [0.1, 0.15) is 51.0 Å². The summed E-state index contributed by atoms with van der Waals surface area (Å²) in [5.74, 6) is 2.31. The molecule has 126 valence electrons. The first kappa shape index (κ1) is 16.2. The van der Waals surface area contributed by atoms with Crippen LogP contribution in [0.25, 0.3) is 0 Å². The van der Waals surface area contributed by atoms with E-state index in [4.69, 9.17) is 9.47 Å². The lowest BCUT2D eigenvalue weighted by Gasteiger charge is -2.21. The Bertz CT molecular complexity index is 543. The van der Waals surface area contributed by atoms with Crippen molar-refractivity contribution in [3.8, 4) is 11.5 Å². The van der Waals surface area contributed by atoms with Gasteiger partial charge in [-0.05, 0) is 42.9 Å². The van der Waals surface area contributed by atoms with Crippen molar-refractivity contribution in [2.24, 2.45) is 5.92 Å². The zero-order valence-electron chi connectivity index (χ0n) is 14.0. The minimum Gasteiger partial charge on any atom is -0.486 e. The van der Waals surface area contributed by atoms with Gasteiger partial charge in [0.05, 0.1) is 6.42 Å². The molecular weight excluding hydrogens is 290 g/mol. The highest BCUT2D eigenvalue weighted by molar-refractivity contribution is 5.79. The topological polar surface area (TPSA) is 47.6 Å². The standard InChI is InChI=1S/C19H27NO3/c1-2-3-5-15-6-4-7-16(15)20-19(21)13-14-8-9-17-18(12-14)23-11-10-22-17/h8-9,12,15-16H,2-7,10-11,13H2,1H3,(H,20,21). The molecule has 3 rings (SSSR count). The van der Waals surface area contributed by atoms with Gasteiger partial charge in [-0.25, -0.2) is 0 Å². The van der Waals surface area contributed by atoms with E-state index in [0.717, 1.165) is 23.5 Å². The minimum absolute atomic E-state index is 0.120. The molecule has 1 fully saturated rings. The van der Waals surface area contributed by atoms with E-state index in [1.54, 1.807) is 0 Å². The van der Waals surface area contributed by atoms with E-state index in [9.17, 15) is 4.79 Å². The number of carbonyl (C=O) groups is 1. The minimum atomic E-state index is 0.120. The Hall–Kier alpha value is -1.71. The predicted octanol–water partition coefficient (Wildman–Crippen LogP) is 3.48.